The van der Waals surface area contributed by atoms with Crippen LogP contribution in [-0.4, -0.2) is 39.5 Å². The SMILES string of the molecule is Clc1cccc(-c2nc(-c3ccccc3)nc(-c3ccccc3)n2)c1.c1ccc(-c2nc(-c3ccccc3)nc(-c3cccc(-n4ccc5c6oc7ccccc7c6ccc54)c3)n2)cc1.c1ccc2c(c1)oc1c3cc[nH]c3ccc21. The molecule has 0 aliphatic heterocycles. The van der Waals surface area contributed by atoms with E-state index in [0.717, 1.165) is 94.0 Å². The van der Waals surface area contributed by atoms with Gasteiger partial charge in [0.25, 0.3) is 0 Å². The van der Waals surface area contributed by atoms with Crippen molar-refractivity contribution in [2.75, 3.05) is 0 Å². The number of nitrogens with one attached hydrogen (secondary N) is 1. The zero-order valence-electron chi connectivity index (χ0n) is 43.2. The van der Waals surface area contributed by atoms with E-state index in [2.05, 4.69) is 91.4 Å². The van der Waals surface area contributed by atoms with Crippen LogP contribution in [0.4, 0.5) is 0 Å². The number of hydrogen-bond acceptors (Lipinski definition) is 8. The van der Waals surface area contributed by atoms with Gasteiger partial charge >= 0.3 is 0 Å². The van der Waals surface area contributed by atoms with E-state index in [0.29, 0.717) is 40.0 Å². The molecule has 0 bridgehead atoms. The summed E-state index contributed by atoms with van der Waals surface area (Å²) in [5.41, 5.74) is 12.5. The molecule has 10 aromatic carbocycles. The monoisotopic (exact) mass is 1060 g/mol. The molecule has 6 aromatic heterocycles. The molecule has 10 nitrogen and oxygen atoms in total. The highest BCUT2D eigenvalue weighted by atomic mass is 35.5. The zero-order chi connectivity index (χ0) is 54.1. The summed E-state index contributed by atoms with van der Waals surface area (Å²) in [6.45, 7) is 0. The molecule has 0 fully saturated rings. The number of furan rings is 2. The molecule has 0 atom stereocenters. The molecule has 0 amide bonds. The Labute approximate surface area is 469 Å². The molecule has 0 radical (unpaired) electrons. The van der Waals surface area contributed by atoms with Crippen molar-refractivity contribution in [3.8, 4) is 74.0 Å². The lowest BCUT2D eigenvalue weighted by atomic mass is 10.1. The van der Waals surface area contributed by atoms with Crippen molar-refractivity contribution < 1.29 is 8.83 Å². The van der Waals surface area contributed by atoms with Crippen LogP contribution in [-0.2, 0) is 0 Å². The second kappa shape index (κ2) is 21.2. The summed E-state index contributed by atoms with van der Waals surface area (Å²) in [4.78, 5) is 31.8. The van der Waals surface area contributed by atoms with Crippen molar-refractivity contribution >= 4 is 77.3 Å². The molecule has 0 saturated heterocycles. The van der Waals surface area contributed by atoms with E-state index in [4.69, 9.17) is 35.4 Å². The van der Waals surface area contributed by atoms with Crippen molar-refractivity contribution in [2.24, 2.45) is 0 Å². The Bertz CT molecular complexity index is 4790. The Kier molecular flexibility index (Phi) is 12.7. The second-order valence-electron chi connectivity index (χ2n) is 19.3. The van der Waals surface area contributed by atoms with Crippen molar-refractivity contribution in [1.82, 2.24) is 39.5 Å². The fraction of sp³-hybridized carbons (Fsp3) is 0. The topological polar surface area (TPSA) is 124 Å². The molecular weight excluding hydrogens is 1020 g/mol. The highest BCUT2D eigenvalue weighted by molar-refractivity contribution is 6.30. The van der Waals surface area contributed by atoms with Crippen LogP contribution in [0.15, 0.2) is 276 Å². The molecule has 1 N–H and O–H groups in total. The number of rotatable bonds is 7. The zero-order valence-corrected chi connectivity index (χ0v) is 44.0. The molecule has 81 heavy (non-hydrogen) atoms. The minimum absolute atomic E-state index is 0.607. The maximum Gasteiger partial charge on any atom is 0.164 e. The molecule has 0 saturated carbocycles. The minimum Gasteiger partial charge on any atom is -0.455 e. The van der Waals surface area contributed by atoms with Gasteiger partial charge in [0.2, 0.25) is 0 Å². The van der Waals surface area contributed by atoms with E-state index in [1.807, 2.05) is 200 Å². The maximum atomic E-state index is 6.28. The van der Waals surface area contributed by atoms with E-state index >= 15 is 0 Å². The van der Waals surface area contributed by atoms with Crippen molar-refractivity contribution in [2.45, 2.75) is 0 Å². The lowest BCUT2D eigenvalue weighted by molar-refractivity contribution is 0.672. The van der Waals surface area contributed by atoms with E-state index in [1.165, 1.54) is 10.8 Å². The molecule has 384 valence electrons. The number of benzene rings is 10. The Hall–Kier alpha value is -10.8. The molecule has 0 spiro atoms. The van der Waals surface area contributed by atoms with Crippen LogP contribution < -0.4 is 0 Å². The number of aromatic nitrogens is 8. The van der Waals surface area contributed by atoms with Gasteiger partial charge in [-0.3, -0.25) is 0 Å². The lowest BCUT2D eigenvalue weighted by Crippen LogP contribution is -2.00. The molecule has 6 heterocycles. The first-order chi connectivity index (χ1) is 40.0. The third kappa shape index (κ3) is 9.62. The van der Waals surface area contributed by atoms with E-state index in [-0.39, 0.29) is 0 Å². The highest BCUT2D eigenvalue weighted by Gasteiger charge is 2.17. The van der Waals surface area contributed by atoms with E-state index in [9.17, 15) is 0 Å². The number of aromatic amines is 1. The number of para-hydroxylation sites is 2. The van der Waals surface area contributed by atoms with Gasteiger partial charge in [-0.25, -0.2) is 29.9 Å². The summed E-state index contributed by atoms with van der Waals surface area (Å²) in [6, 6.07) is 84.8. The number of nitrogens with zero attached hydrogens (tertiary/aromatic N) is 7. The van der Waals surface area contributed by atoms with Gasteiger partial charge in [-0.1, -0.05) is 194 Å². The first-order valence-corrected chi connectivity index (χ1v) is 26.8. The van der Waals surface area contributed by atoms with Crippen LogP contribution in [0.3, 0.4) is 0 Å². The number of hydrogen-bond donors (Lipinski definition) is 1. The fourth-order valence-electron chi connectivity index (χ4n) is 10.2. The van der Waals surface area contributed by atoms with Gasteiger partial charge in [-0.2, -0.15) is 0 Å². The van der Waals surface area contributed by atoms with Crippen LogP contribution in [0.25, 0.3) is 140 Å². The third-order valence-electron chi connectivity index (χ3n) is 14.2. The Morgan fingerprint density at radius 1 is 0.321 bits per heavy atom. The van der Waals surface area contributed by atoms with Crippen LogP contribution in [0.1, 0.15) is 0 Å². The normalized spacial score (nSPS) is 11.3. The van der Waals surface area contributed by atoms with Crippen LogP contribution in [0.2, 0.25) is 5.02 Å². The summed E-state index contributed by atoms with van der Waals surface area (Å²) in [5.74, 6) is 3.82. The average molecular weight is 1070 g/mol. The molecule has 11 heteroatoms. The Morgan fingerprint density at radius 2 is 0.741 bits per heavy atom. The average Bonchev–Trinajstić information content (AvgIpc) is 4.38. The predicted octanol–water partition coefficient (Wildman–Crippen LogP) is 18.3. The molecule has 0 aliphatic carbocycles. The second-order valence-corrected chi connectivity index (χ2v) is 19.7. The van der Waals surface area contributed by atoms with Gasteiger partial charge in [-0.05, 0) is 72.8 Å². The summed E-state index contributed by atoms with van der Waals surface area (Å²) >= 11 is 6.14. The smallest absolute Gasteiger partial charge is 0.164 e. The van der Waals surface area contributed by atoms with Gasteiger partial charge in [0.05, 0.1) is 5.52 Å². The van der Waals surface area contributed by atoms with Gasteiger partial charge in [0.15, 0.2) is 34.9 Å². The summed E-state index contributed by atoms with van der Waals surface area (Å²) in [6.07, 6.45) is 4.03. The van der Waals surface area contributed by atoms with Crippen LogP contribution >= 0.6 is 11.6 Å². The maximum absolute atomic E-state index is 6.28. The minimum atomic E-state index is 0.607. The first-order valence-electron chi connectivity index (χ1n) is 26.4. The molecule has 0 unspecified atom stereocenters. The summed E-state index contributed by atoms with van der Waals surface area (Å²) in [7, 11) is 0. The first kappa shape index (κ1) is 48.6. The van der Waals surface area contributed by atoms with Gasteiger partial charge in [0, 0.05) is 94.3 Å². The standard InChI is InChI=1S/C35H22N4O.C21H14ClN3.C14H9NO/c1-3-10-23(11-4-1)33-36-34(24-12-5-2-6-13-24)38-35(37-33)25-14-9-15-26(22-25)39-21-20-29-30(39)19-18-28-27-16-7-8-17-31(27)40-32(28)29;22-18-13-7-12-17(14-18)21-24-19(15-8-3-1-4-9-15)23-20(25-21)16-10-5-2-6-11-16;1-2-4-13-9(3-1)10-5-6-12-11(7-8-15-12)14(10)16-13/h1-22H;1-14H;1-8,15H. The third-order valence-corrected chi connectivity index (χ3v) is 14.4. The van der Waals surface area contributed by atoms with Gasteiger partial charge in [-0.15, -0.1) is 0 Å². The van der Waals surface area contributed by atoms with E-state index in [1.54, 1.807) is 0 Å². The lowest BCUT2D eigenvalue weighted by Gasteiger charge is -2.10. The number of H-pyrrole nitrogens is 1. The number of halogens is 1. The van der Waals surface area contributed by atoms with E-state index < -0.39 is 0 Å². The Balaban J connectivity index is 0.000000121. The molecular formula is C70H45ClN8O2. The molecule has 16 aromatic rings. The fourth-order valence-corrected chi connectivity index (χ4v) is 10.4. The van der Waals surface area contributed by atoms with Crippen LogP contribution in [0.5, 0.6) is 0 Å². The molecule has 16 rings (SSSR count). The highest BCUT2D eigenvalue weighted by Crippen LogP contribution is 2.37. The van der Waals surface area contributed by atoms with Gasteiger partial charge < -0.3 is 18.4 Å². The Morgan fingerprint density at radius 3 is 1.25 bits per heavy atom. The summed E-state index contributed by atoms with van der Waals surface area (Å²) < 4.78 is 14.4. The van der Waals surface area contributed by atoms with Crippen LogP contribution in [0, 0.1) is 0 Å². The largest absolute Gasteiger partial charge is 0.455 e. The van der Waals surface area contributed by atoms with Crippen molar-refractivity contribution in [3.63, 3.8) is 0 Å². The molecule has 0 aliphatic rings. The number of fused-ring (bicyclic) bond motifs is 10. The van der Waals surface area contributed by atoms with Crippen molar-refractivity contribution in [3.05, 3.63) is 272 Å². The predicted molar refractivity (Wildman–Crippen MR) is 327 cm³/mol. The quantitative estimate of drug-likeness (QED) is 0.167. The summed E-state index contributed by atoms with van der Waals surface area (Å²) in [5, 5.41) is 7.50. The van der Waals surface area contributed by atoms with Crippen molar-refractivity contribution in [1.29, 1.82) is 0 Å². The van der Waals surface area contributed by atoms with Gasteiger partial charge in [0.1, 0.15) is 22.3 Å².